The van der Waals surface area contributed by atoms with Gasteiger partial charge in [0.25, 0.3) is 5.91 Å². The number of hydrogen-bond donors (Lipinski definition) is 1. The number of carbonyl (C=O) groups is 1. The Balaban J connectivity index is 1.70. The van der Waals surface area contributed by atoms with Crippen molar-refractivity contribution in [1.82, 2.24) is 10.2 Å². The van der Waals surface area contributed by atoms with Crippen molar-refractivity contribution < 1.29 is 9.53 Å². The first-order chi connectivity index (χ1) is 10.3. The van der Waals surface area contributed by atoms with Crippen LogP contribution in [0.15, 0.2) is 24.3 Å². The van der Waals surface area contributed by atoms with Crippen molar-refractivity contribution in [3.63, 3.8) is 0 Å². The van der Waals surface area contributed by atoms with Crippen molar-refractivity contribution in [2.75, 3.05) is 32.8 Å². The van der Waals surface area contributed by atoms with Gasteiger partial charge in [0, 0.05) is 37.2 Å². The normalized spacial score (nSPS) is 23.2. The molecule has 2 heterocycles. The molecule has 1 aromatic carbocycles. The van der Waals surface area contributed by atoms with Crippen molar-refractivity contribution in [1.29, 1.82) is 0 Å². The molecule has 114 valence electrons. The van der Waals surface area contributed by atoms with Gasteiger partial charge in [-0.15, -0.1) is 0 Å². The van der Waals surface area contributed by atoms with E-state index in [1.165, 1.54) is 5.56 Å². The lowest BCUT2D eigenvalue weighted by Crippen LogP contribution is -2.49. The number of fused-ring (bicyclic) bond motifs is 1. The van der Waals surface area contributed by atoms with E-state index in [1.807, 2.05) is 23.1 Å². The summed E-state index contributed by atoms with van der Waals surface area (Å²) in [5.74, 6) is 0.702. The number of carbonyl (C=O) groups excluding carboxylic acids is 1. The van der Waals surface area contributed by atoms with Gasteiger partial charge in [0.05, 0.1) is 6.61 Å². The van der Waals surface area contributed by atoms with Gasteiger partial charge in [0.1, 0.15) is 0 Å². The molecular formula is C17H24N2O2. The van der Waals surface area contributed by atoms with E-state index in [9.17, 15) is 4.79 Å². The Kier molecular flexibility index (Phi) is 4.56. The van der Waals surface area contributed by atoms with Crippen LogP contribution in [-0.4, -0.2) is 49.7 Å². The highest BCUT2D eigenvalue weighted by Crippen LogP contribution is 2.22. The molecule has 0 saturated carbocycles. The second kappa shape index (κ2) is 6.58. The molecule has 1 fully saturated rings. The van der Waals surface area contributed by atoms with E-state index in [2.05, 4.69) is 18.3 Å². The van der Waals surface area contributed by atoms with Crippen LogP contribution in [0.1, 0.15) is 29.3 Å². The highest BCUT2D eigenvalue weighted by atomic mass is 16.5. The first kappa shape index (κ1) is 14.5. The summed E-state index contributed by atoms with van der Waals surface area (Å²) in [6.07, 6.45) is 2.05. The molecule has 4 nitrogen and oxygen atoms in total. The van der Waals surface area contributed by atoms with Gasteiger partial charge in [-0.3, -0.25) is 4.79 Å². The predicted molar refractivity (Wildman–Crippen MR) is 82.4 cm³/mol. The fourth-order valence-electron chi connectivity index (χ4n) is 3.40. The Labute approximate surface area is 126 Å². The van der Waals surface area contributed by atoms with Crippen LogP contribution in [0.25, 0.3) is 0 Å². The Morgan fingerprint density at radius 1 is 1.43 bits per heavy atom. The zero-order chi connectivity index (χ0) is 14.7. The summed E-state index contributed by atoms with van der Waals surface area (Å²) in [5.41, 5.74) is 2.06. The number of ether oxygens (including phenoxy) is 1. The molecule has 4 heteroatoms. The van der Waals surface area contributed by atoms with Crippen LogP contribution in [0.3, 0.4) is 0 Å². The third-order valence-corrected chi connectivity index (χ3v) is 4.60. The summed E-state index contributed by atoms with van der Waals surface area (Å²) in [6, 6.07) is 8.32. The van der Waals surface area contributed by atoms with Crippen molar-refractivity contribution in [2.24, 2.45) is 5.92 Å². The van der Waals surface area contributed by atoms with Gasteiger partial charge in [-0.1, -0.05) is 25.1 Å². The Morgan fingerprint density at radius 2 is 2.29 bits per heavy atom. The van der Waals surface area contributed by atoms with Crippen molar-refractivity contribution >= 4 is 5.91 Å². The number of benzene rings is 1. The average molecular weight is 288 g/mol. The van der Waals surface area contributed by atoms with Gasteiger partial charge in [0.2, 0.25) is 0 Å². The van der Waals surface area contributed by atoms with Gasteiger partial charge in [-0.25, -0.2) is 0 Å². The number of nitrogens with one attached hydrogen (secondary N) is 1. The molecule has 1 N–H and O–H groups in total. The highest BCUT2D eigenvalue weighted by molar-refractivity contribution is 5.96. The molecule has 2 aliphatic rings. The summed E-state index contributed by atoms with van der Waals surface area (Å²) in [6.45, 7) is 6.33. The first-order valence-electron chi connectivity index (χ1n) is 7.98. The highest BCUT2D eigenvalue weighted by Gasteiger charge is 2.30. The van der Waals surface area contributed by atoms with Crippen LogP contribution in [0.4, 0.5) is 0 Å². The number of nitrogens with zero attached hydrogens (tertiary/aromatic N) is 1. The van der Waals surface area contributed by atoms with Gasteiger partial charge < -0.3 is 15.0 Å². The van der Waals surface area contributed by atoms with Crippen LogP contribution in [0.5, 0.6) is 0 Å². The van der Waals surface area contributed by atoms with Crippen molar-refractivity contribution in [3.8, 4) is 0 Å². The minimum Gasteiger partial charge on any atom is -0.381 e. The summed E-state index contributed by atoms with van der Waals surface area (Å²) in [7, 11) is 0. The average Bonchev–Trinajstić information content (AvgIpc) is 3.04. The van der Waals surface area contributed by atoms with E-state index in [1.54, 1.807) is 0 Å². The van der Waals surface area contributed by atoms with Crippen LogP contribution in [-0.2, 0) is 11.2 Å². The molecule has 1 aromatic rings. The molecule has 0 aromatic heterocycles. The minimum atomic E-state index is 0.179. The molecule has 2 unspecified atom stereocenters. The third kappa shape index (κ3) is 3.11. The van der Waals surface area contributed by atoms with E-state index < -0.39 is 0 Å². The molecule has 2 atom stereocenters. The summed E-state index contributed by atoms with van der Waals surface area (Å²) >= 11 is 0. The van der Waals surface area contributed by atoms with Crippen molar-refractivity contribution in [3.05, 3.63) is 35.4 Å². The van der Waals surface area contributed by atoms with E-state index in [0.717, 1.165) is 51.3 Å². The number of hydrogen-bond acceptors (Lipinski definition) is 3. The van der Waals surface area contributed by atoms with Crippen molar-refractivity contribution in [2.45, 2.75) is 25.8 Å². The predicted octanol–water partition coefficient (Wildman–Crippen LogP) is 1.70. The Hall–Kier alpha value is -1.39. The molecule has 1 saturated heterocycles. The van der Waals surface area contributed by atoms with Crippen LogP contribution in [0, 0.1) is 5.92 Å². The zero-order valence-corrected chi connectivity index (χ0v) is 12.7. The molecule has 0 spiro atoms. The number of amides is 1. The molecule has 21 heavy (non-hydrogen) atoms. The standard InChI is InChI=1S/C17H24N2O2/c1-2-18-16(14-8-10-21-12-14)11-19-9-7-13-5-3-4-6-15(13)17(19)20/h3-6,14,16,18H,2,7-12H2,1H3. The molecule has 0 bridgehead atoms. The molecular weight excluding hydrogens is 264 g/mol. The second-order valence-electron chi connectivity index (χ2n) is 5.95. The maximum Gasteiger partial charge on any atom is 0.254 e. The van der Waals surface area contributed by atoms with Crippen LogP contribution in [0.2, 0.25) is 0 Å². The topological polar surface area (TPSA) is 41.6 Å². The lowest BCUT2D eigenvalue weighted by molar-refractivity contribution is 0.0701. The smallest absolute Gasteiger partial charge is 0.254 e. The summed E-state index contributed by atoms with van der Waals surface area (Å²) in [4.78, 5) is 14.6. The third-order valence-electron chi connectivity index (χ3n) is 4.60. The summed E-state index contributed by atoms with van der Waals surface area (Å²) in [5, 5.41) is 3.54. The Bertz CT molecular complexity index is 497. The van der Waals surface area contributed by atoms with Gasteiger partial charge in [-0.05, 0) is 31.0 Å². The van der Waals surface area contributed by atoms with Gasteiger partial charge in [0.15, 0.2) is 0 Å². The monoisotopic (exact) mass is 288 g/mol. The zero-order valence-electron chi connectivity index (χ0n) is 12.7. The fourth-order valence-corrected chi connectivity index (χ4v) is 3.40. The van der Waals surface area contributed by atoms with E-state index in [0.29, 0.717) is 12.0 Å². The van der Waals surface area contributed by atoms with E-state index in [-0.39, 0.29) is 5.91 Å². The largest absolute Gasteiger partial charge is 0.381 e. The van der Waals surface area contributed by atoms with Gasteiger partial charge >= 0.3 is 0 Å². The first-order valence-corrected chi connectivity index (χ1v) is 7.98. The van der Waals surface area contributed by atoms with Gasteiger partial charge in [-0.2, -0.15) is 0 Å². The second-order valence-corrected chi connectivity index (χ2v) is 5.95. The molecule has 0 radical (unpaired) electrons. The maximum absolute atomic E-state index is 12.6. The molecule has 1 amide bonds. The molecule has 3 rings (SSSR count). The van der Waals surface area contributed by atoms with E-state index >= 15 is 0 Å². The maximum atomic E-state index is 12.6. The number of rotatable bonds is 5. The fraction of sp³-hybridized carbons (Fsp3) is 0.588. The van der Waals surface area contributed by atoms with Crippen LogP contribution >= 0.6 is 0 Å². The Morgan fingerprint density at radius 3 is 3.05 bits per heavy atom. The quantitative estimate of drug-likeness (QED) is 0.896. The lowest BCUT2D eigenvalue weighted by Gasteiger charge is -2.34. The minimum absolute atomic E-state index is 0.179. The number of likely N-dealkylation sites (N-methyl/N-ethyl adjacent to an activating group) is 1. The SMILES string of the molecule is CCNC(CN1CCc2ccccc2C1=O)C1CCOC1. The molecule has 2 aliphatic heterocycles. The molecule has 0 aliphatic carbocycles. The van der Waals surface area contributed by atoms with Crippen LogP contribution < -0.4 is 5.32 Å². The lowest BCUT2D eigenvalue weighted by atomic mass is 9.95. The van der Waals surface area contributed by atoms with E-state index in [4.69, 9.17) is 4.74 Å². The summed E-state index contributed by atoms with van der Waals surface area (Å²) < 4.78 is 5.51.